The Bertz CT molecular complexity index is 240. The molecule has 0 N–H and O–H groups in total. The minimum absolute atomic E-state index is 0.256. The molecule has 0 aromatic rings. The fourth-order valence-electron chi connectivity index (χ4n) is 2.34. The number of ether oxygens (including phenoxy) is 4. The minimum atomic E-state index is -0.256. The zero-order valence-electron chi connectivity index (χ0n) is 16.3. The molecule has 0 bridgehead atoms. The second-order valence-corrected chi connectivity index (χ2v) is 6.14. The Labute approximate surface area is 149 Å². The Morgan fingerprint density at radius 2 is 1.29 bits per heavy atom. The van der Waals surface area contributed by atoms with Gasteiger partial charge in [0.25, 0.3) is 0 Å². The van der Waals surface area contributed by atoms with E-state index >= 15 is 0 Å². The molecule has 0 spiro atoms. The van der Waals surface area contributed by atoms with Crippen molar-refractivity contribution in [3.8, 4) is 0 Å². The molecule has 0 aromatic carbocycles. The lowest BCUT2D eigenvalue weighted by molar-refractivity contribution is -0.113. The molecule has 0 aliphatic rings. The number of hydrogen-bond acceptors (Lipinski definition) is 4. The summed E-state index contributed by atoms with van der Waals surface area (Å²) < 4.78 is 21.8. The molecule has 0 radical (unpaired) electrons. The molecule has 0 aliphatic heterocycles. The van der Waals surface area contributed by atoms with Gasteiger partial charge in [-0.25, -0.2) is 0 Å². The fraction of sp³-hybridized carbons (Fsp3) is 0.900. The summed E-state index contributed by atoms with van der Waals surface area (Å²) in [6.45, 7) is 6.81. The van der Waals surface area contributed by atoms with Crippen LogP contribution in [0.4, 0.5) is 0 Å². The van der Waals surface area contributed by atoms with Crippen LogP contribution in [-0.2, 0) is 18.9 Å². The third kappa shape index (κ3) is 17.9. The first-order valence-electron chi connectivity index (χ1n) is 9.81. The van der Waals surface area contributed by atoms with E-state index in [-0.39, 0.29) is 6.29 Å². The van der Waals surface area contributed by atoms with Crippen LogP contribution < -0.4 is 0 Å². The monoisotopic (exact) mass is 344 g/mol. The van der Waals surface area contributed by atoms with E-state index in [4.69, 9.17) is 18.9 Å². The van der Waals surface area contributed by atoms with Gasteiger partial charge in [0.2, 0.25) is 0 Å². The molecule has 0 amide bonds. The normalized spacial score (nSPS) is 11.8. The van der Waals surface area contributed by atoms with Crippen molar-refractivity contribution >= 4 is 0 Å². The van der Waals surface area contributed by atoms with E-state index in [0.29, 0.717) is 13.4 Å². The van der Waals surface area contributed by atoms with Gasteiger partial charge in [0, 0.05) is 7.11 Å². The topological polar surface area (TPSA) is 36.9 Å². The van der Waals surface area contributed by atoms with Gasteiger partial charge < -0.3 is 18.9 Å². The standard InChI is InChI=1S/C20H40O4/c1-4-6-8-10-12-17-23-20(15-14-16-22-19-21-3)24-18-13-11-9-7-5-2/h14-15,20H,4-13,16-19H2,1-3H3. The molecule has 0 heterocycles. The van der Waals surface area contributed by atoms with Crippen molar-refractivity contribution in [1.82, 2.24) is 0 Å². The Balaban J connectivity index is 3.86. The molecule has 4 nitrogen and oxygen atoms in total. The van der Waals surface area contributed by atoms with Gasteiger partial charge in [-0.2, -0.15) is 0 Å². The Kier molecular flexibility index (Phi) is 20.3. The van der Waals surface area contributed by atoms with Gasteiger partial charge in [-0.1, -0.05) is 71.3 Å². The SMILES string of the molecule is CCCCCCCOC(C=CCOCOC)OCCCCCCC. The smallest absolute Gasteiger partial charge is 0.176 e. The summed E-state index contributed by atoms with van der Waals surface area (Å²) in [5, 5.41) is 0. The lowest BCUT2D eigenvalue weighted by atomic mass is 10.2. The summed E-state index contributed by atoms with van der Waals surface area (Å²) >= 11 is 0. The van der Waals surface area contributed by atoms with E-state index in [2.05, 4.69) is 13.8 Å². The van der Waals surface area contributed by atoms with Crippen LogP contribution in [0.25, 0.3) is 0 Å². The van der Waals surface area contributed by atoms with Crippen molar-refractivity contribution in [1.29, 1.82) is 0 Å². The van der Waals surface area contributed by atoms with Gasteiger partial charge in [0.15, 0.2) is 6.29 Å². The molecule has 0 atom stereocenters. The summed E-state index contributed by atoms with van der Waals surface area (Å²) in [6.07, 6.45) is 16.1. The lowest BCUT2D eigenvalue weighted by Crippen LogP contribution is -2.16. The van der Waals surface area contributed by atoms with E-state index in [0.717, 1.165) is 26.1 Å². The van der Waals surface area contributed by atoms with Gasteiger partial charge in [0.05, 0.1) is 19.8 Å². The highest BCUT2D eigenvalue weighted by molar-refractivity contribution is 4.85. The molecule has 0 saturated heterocycles. The molecule has 4 heteroatoms. The lowest BCUT2D eigenvalue weighted by Gasteiger charge is -2.15. The van der Waals surface area contributed by atoms with E-state index in [1.165, 1.54) is 51.4 Å². The summed E-state index contributed by atoms with van der Waals surface area (Å²) in [6, 6.07) is 0. The van der Waals surface area contributed by atoms with Crippen molar-refractivity contribution in [2.24, 2.45) is 0 Å². The van der Waals surface area contributed by atoms with Crippen LogP contribution in [0, 0.1) is 0 Å². The quantitative estimate of drug-likeness (QED) is 0.177. The first-order chi connectivity index (χ1) is 11.8. The Morgan fingerprint density at radius 3 is 1.79 bits per heavy atom. The molecular formula is C20H40O4. The van der Waals surface area contributed by atoms with Crippen LogP contribution in [0.2, 0.25) is 0 Å². The summed E-state index contributed by atoms with van der Waals surface area (Å²) in [5.41, 5.74) is 0. The molecule has 0 rings (SSSR count). The molecule has 0 aromatic heterocycles. The average molecular weight is 345 g/mol. The summed E-state index contributed by atoms with van der Waals surface area (Å²) in [7, 11) is 1.62. The van der Waals surface area contributed by atoms with E-state index in [9.17, 15) is 0 Å². The number of unbranched alkanes of at least 4 members (excludes halogenated alkanes) is 8. The van der Waals surface area contributed by atoms with Gasteiger partial charge in [-0.3, -0.25) is 0 Å². The summed E-state index contributed by atoms with van der Waals surface area (Å²) in [5.74, 6) is 0. The van der Waals surface area contributed by atoms with Crippen molar-refractivity contribution in [2.45, 2.75) is 84.3 Å². The highest BCUT2D eigenvalue weighted by Crippen LogP contribution is 2.07. The third-order valence-corrected chi connectivity index (χ3v) is 3.77. The van der Waals surface area contributed by atoms with Gasteiger partial charge >= 0.3 is 0 Å². The van der Waals surface area contributed by atoms with Crippen LogP contribution in [0.5, 0.6) is 0 Å². The van der Waals surface area contributed by atoms with Gasteiger partial charge in [0.1, 0.15) is 6.79 Å². The number of rotatable bonds is 19. The van der Waals surface area contributed by atoms with Crippen molar-refractivity contribution in [2.75, 3.05) is 33.7 Å². The predicted molar refractivity (Wildman–Crippen MR) is 100 cm³/mol. The maximum Gasteiger partial charge on any atom is 0.176 e. The van der Waals surface area contributed by atoms with E-state index < -0.39 is 0 Å². The highest BCUT2D eigenvalue weighted by Gasteiger charge is 2.05. The molecule has 0 saturated carbocycles. The average Bonchev–Trinajstić information content (AvgIpc) is 2.60. The van der Waals surface area contributed by atoms with Crippen LogP contribution in [0.3, 0.4) is 0 Å². The molecule has 0 aliphatic carbocycles. The van der Waals surface area contributed by atoms with Crippen LogP contribution in [0.1, 0.15) is 78.1 Å². The maximum absolute atomic E-state index is 5.86. The fourth-order valence-corrected chi connectivity index (χ4v) is 2.34. The largest absolute Gasteiger partial charge is 0.359 e. The molecular weight excluding hydrogens is 304 g/mol. The number of hydrogen-bond donors (Lipinski definition) is 0. The van der Waals surface area contributed by atoms with Crippen LogP contribution in [0.15, 0.2) is 12.2 Å². The summed E-state index contributed by atoms with van der Waals surface area (Å²) in [4.78, 5) is 0. The zero-order valence-corrected chi connectivity index (χ0v) is 16.3. The predicted octanol–water partition coefficient (Wildman–Crippen LogP) is 5.46. The molecule has 144 valence electrons. The second-order valence-electron chi connectivity index (χ2n) is 6.14. The first-order valence-corrected chi connectivity index (χ1v) is 9.81. The minimum Gasteiger partial charge on any atom is -0.359 e. The van der Waals surface area contributed by atoms with Gasteiger partial charge in [-0.15, -0.1) is 0 Å². The Morgan fingerprint density at radius 1 is 0.750 bits per heavy atom. The maximum atomic E-state index is 5.86. The second kappa shape index (κ2) is 20.6. The van der Waals surface area contributed by atoms with Crippen LogP contribution in [-0.4, -0.2) is 40.0 Å². The molecule has 0 unspecified atom stereocenters. The van der Waals surface area contributed by atoms with Crippen molar-refractivity contribution in [3.05, 3.63) is 12.2 Å². The molecule has 0 fully saturated rings. The first kappa shape index (κ1) is 23.6. The van der Waals surface area contributed by atoms with E-state index in [1.54, 1.807) is 7.11 Å². The Hall–Kier alpha value is -0.420. The molecule has 24 heavy (non-hydrogen) atoms. The third-order valence-electron chi connectivity index (χ3n) is 3.77. The van der Waals surface area contributed by atoms with Crippen molar-refractivity contribution < 1.29 is 18.9 Å². The zero-order chi connectivity index (χ0) is 17.7. The van der Waals surface area contributed by atoms with E-state index in [1.807, 2.05) is 12.2 Å². The number of methoxy groups -OCH3 is 1. The van der Waals surface area contributed by atoms with Crippen molar-refractivity contribution in [3.63, 3.8) is 0 Å². The van der Waals surface area contributed by atoms with Gasteiger partial charge in [-0.05, 0) is 18.9 Å². The van der Waals surface area contributed by atoms with Crippen LogP contribution >= 0.6 is 0 Å². The highest BCUT2D eigenvalue weighted by atomic mass is 16.7.